The first-order chi connectivity index (χ1) is 24.2. The van der Waals surface area contributed by atoms with Crippen LogP contribution in [0.15, 0.2) is 79.1 Å². The van der Waals surface area contributed by atoms with E-state index in [1.54, 1.807) is 48.7 Å². The van der Waals surface area contributed by atoms with Crippen LogP contribution in [-0.2, 0) is 40.0 Å². The number of amides is 4. The Kier molecular flexibility index (Phi) is 12.8. The molecule has 2 unspecified atom stereocenters. The molecule has 0 spiro atoms. The predicted molar refractivity (Wildman–Crippen MR) is 191 cm³/mol. The molecule has 2 heterocycles. The minimum Gasteiger partial charge on any atom is -0.444 e. The number of anilines is 1. The largest absolute Gasteiger partial charge is 0.444 e. The standard InChI is InChI=1S/C38H49N5O8/c1-36(2,3)51-35(48)41-37(4,5)34(47)40-30(24-50-23-27-14-9-7-10-15-27)32(45)39-29-18-21-42(22-29)31(28-16-11-8-12-17-28)33(46)43-20-13-19-38(43,25-44)26-49-6/h7-12,14-18,21-22,25,30-31H,13,19-20,23-24,26H2,1-6H3,(H,39,45)(H,40,47)(H,41,48)/t30-,31?,38?/m1/s1. The van der Waals surface area contributed by atoms with Crippen molar-refractivity contribution in [2.75, 3.05) is 32.2 Å². The quantitative estimate of drug-likeness (QED) is 0.199. The number of aromatic nitrogens is 1. The molecule has 1 fully saturated rings. The van der Waals surface area contributed by atoms with Gasteiger partial charge in [-0.3, -0.25) is 14.4 Å². The molecule has 13 nitrogen and oxygen atoms in total. The van der Waals surface area contributed by atoms with Crippen molar-refractivity contribution >= 4 is 35.8 Å². The third-order valence-electron chi connectivity index (χ3n) is 8.44. The summed E-state index contributed by atoms with van der Waals surface area (Å²) in [5, 5.41) is 8.10. The van der Waals surface area contributed by atoms with Gasteiger partial charge in [-0.1, -0.05) is 60.7 Å². The molecule has 3 aromatic rings. The molecule has 0 radical (unpaired) electrons. The number of nitrogens with one attached hydrogen (secondary N) is 3. The fraction of sp³-hybridized carbons (Fsp3) is 0.447. The monoisotopic (exact) mass is 703 g/mol. The Morgan fingerprint density at radius 1 is 0.961 bits per heavy atom. The first-order valence-electron chi connectivity index (χ1n) is 16.9. The van der Waals surface area contributed by atoms with Gasteiger partial charge in [-0.25, -0.2) is 4.79 Å². The van der Waals surface area contributed by atoms with Crippen LogP contribution in [0.5, 0.6) is 0 Å². The van der Waals surface area contributed by atoms with Crippen LogP contribution in [-0.4, -0.2) is 89.2 Å². The van der Waals surface area contributed by atoms with Gasteiger partial charge >= 0.3 is 6.09 Å². The van der Waals surface area contributed by atoms with Gasteiger partial charge < -0.3 is 44.4 Å². The van der Waals surface area contributed by atoms with Gasteiger partial charge in [0.1, 0.15) is 35.0 Å². The molecule has 2 aromatic carbocycles. The highest BCUT2D eigenvalue weighted by Crippen LogP contribution is 2.33. The fourth-order valence-corrected chi connectivity index (χ4v) is 5.90. The summed E-state index contributed by atoms with van der Waals surface area (Å²) in [6, 6.07) is 18.2. The molecule has 13 heteroatoms. The Bertz CT molecular complexity index is 1650. The van der Waals surface area contributed by atoms with Crippen LogP contribution in [0, 0.1) is 0 Å². The van der Waals surface area contributed by atoms with Gasteiger partial charge in [0.2, 0.25) is 11.8 Å². The topological polar surface area (TPSA) is 157 Å². The summed E-state index contributed by atoms with van der Waals surface area (Å²) in [7, 11) is 1.50. The number of rotatable bonds is 15. The molecule has 1 aromatic heterocycles. The van der Waals surface area contributed by atoms with E-state index in [2.05, 4.69) is 16.0 Å². The Morgan fingerprint density at radius 3 is 2.25 bits per heavy atom. The fourth-order valence-electron chi connectivity index (χ4n) is 5.90. The van der Waals surface area contributed by atoms with Gasteiger partial charge in [0, 0.05) is 26.0 Å². The number of alkyl carbamates (subject to hydrolysis) is 1. The van der Waals surface area contributed by atoms with Crippen LogP contribution in [0.25, 0.3) is 0 Å². The van der Waals surface area contributed by atoms with Gasteiger partial charge in [-0.2, -0.15) is 0 Å². The van der Waals surface area contributed by atoms with Crippen LogP contribution in [0.2, 0.25) is 0 Å². The summed E-state index contributed by atoms with van der Waals surface area (Å²) < 4.78 is 18.2. The summed E-state index contributed by atoms with van der Waals surface area (Å²) in [4.78, 5) is 67.8. The van der Waals surface area contributed by atoms with Crippen molar-refractivity contribution in [3.05, 3.63) is 90.3 Å². The second kappa shape index (κ2) is 16.8. The molecule has 51 heavy (non-hydrogen) atoms. The average Bonchev–Trinajstić information content (AvgIpc) is 3.71. The van der Waals surface area contributed by atoms with E-state index >= 15 is 0 Å². The molecule has 0 saturated carbocycles. The van der Waals surface area contributed by atoms with E-state index in [9.17, 15) is 24.0 Å². The number of aldehydes is 1. The normalized spacial score (nSPS) is 17.3. The number of nitrogens with zero attached hydrogens (tertiary/aromatic N) is 2. The van der Waals surface area contributed by atoms with Gasteiger partial charge in [-0.15, -0.1) is 0 Å². The highest BCUT2D eigenvalue weighted by Gasteiger charge is 2.46. The molecule has 4 amide bonds. The Hall–Kier alpha value is -5.01. The maximum absolute atomic E-state index is 14.2. The molecular formula is C38H49N5O8. The highest BCUT2D eigenvalue weighted by molar-refractivity contribution is 5.99. The maximum Gasteiger partial charge on any atom is 0.408 e. The van der Waals surface area contributed by atoms with Gasteiger partial charge in [0.15, 0.2) is 0 Å². The van der Waals surface area contributed by atoms with Crippen LogP contribution < -0.4 is 16.0 Å². The summed E-state index contributed by atoms with van der Waals surface area (Å²) in [5.41, 5.74) is -1.35. The van der Waals surface area contributed by atoms with E-state index in [1.807, 2.05) is 60.7 Å². The first-order valence-corrected chi connectivity index (χ1v) is 16.9. The SMILES string of the molecule is COCC1(C=O)CCCN1C(=O)C(c1ccccc1)n1ccc(NC(=O)[C@@H](COCc2ccccc2)NC(=O)C(C)(C)NC(=O)OC(C)(C)C)c1. The van der Waals surface area contributed by atoms with Crippen molar-refractivity contribution in [3.8, 4) is 0 Å². The minimum atomic E-state index is -1.44. The molecule has 4 rings (SSSR count). The number of benzene rings is 2. The third-order valence-corrected chi connectivity index (χ3v) is 8.44. The lowest BCUT2D eigenvalue weighted by molar-refractivity contribution is -0.143. The summed E-state index contributed by atoms with van der Waals surface area (Å²) in [6.07, 6.45) is 4.46. The van der Waals surface area contributed by atoms with Crippen LogP contribution >= 0.6 is 0 Å². The average molecular weight is 704 g/mol. The molecular weight excluding hydrogens is 654 g/mol. The van der Waals surface area contributed by atoms with E-state index in [0.29, 0.717) is 30.6 Å². The molecule has 3 atom stereocenters. The lowest BCUT2D eigenvalue weighted by Gasteiger charge is -2.36. The van der Waals surface area contributed by atoms with Crippen LogP contribution in [0.4, 0.5) is 10.5 Å². The molecule has 1 aliphatic heterocycles. The lowest BCUT2D eigenvalue weighted by Crippen LogP contribution is -2.59. The predicted octanol–water partition coefficient (Wildman–Crippen LogP) is 4.23. The molecule has 1 saturated heterocycles. The number of likely N-dealkylation sites (tertiary alicyclic amines) is 1. The van der Waals surface area contributed by atoms with Gasteiger partial charge in [0.25, 0.3) is 5.91 Å². The van der Waals surface area contributed by atoms with Crippen molar-refractivity contribution in [2.45, 2.75) is 82.8 Å². The lowest BCUT2D eigenvalue weighted by atomic mass is 9.97. The van der Waals surface area contributed by atoms with E-state index in [-0.39, 0.29) is 25.7 Å². The first kappa shape index (κ1) is 38.8. The number of hydrogen-bond donors (Lipinski definition) is 3. The summed E-state index contributed by atoms with van der Waals surface area (Å²) >= 11 is 0. The Morgan fingerprint density at radius 2 is 1.63 bits per heavy atom. The number of carbonyl (C=O) groups excluding carboxylic acids is 5. The summed E-state index contributed by atoms with van der Waals surface area (Å²) in [6.45, 7) is 8.63. The van der Waals surface area contributed by atoms with Crippen LogP contribution in [0.3, 0.4) is 0 Å². The zero-order valence-corrected chi connectivity index (χ0v) is 30.1. The number of carbonyl (C=O) groups is 5. The number of ether oxygens (including phenoxy) is 3. The zero-order valence-electron chi connectivity index (χ0n) is 30.1. The van der Waals surface area contributed by atoms with E-state index in [0.717, 1.165) is 11.8 Å². The molecule has 1 aliphatic rings. The van der Waals surface area contributed by atoms with Crippen molar-refractivity contribution in [2.24, 2.45) is 0 Å². The molecule has 274 valence electrons. The van der Waals surface area contributed by atoms with Crippen molar-refractivity contribution in [3.63, 3.8) is 0 Å². The second-order valence-corrected chi connectivity index (χ2v) is 14.2. The number of methoxy groups -OCH3 is 1. The second-order valence-electron chi connectivity index (χ2n) is 14.2. The van der Waals surface area contributed by atoms with Crippen molar-refractivity contribution < 1.29 is 38.2 Å². The molecule has 0 bridgehead atoms. The Balaban J connectivity index is 1.55. The highest BCUT2D eigenvalue weighted by atomic mass is 16.6. The van der Waals surface area contributed by atoms with Crippen molar-refractivity contribution in [1.29, 1.82) is 0 Å². The maximum atomic E-state index is 14.2. The van der Waals surface area contributed by atoms with Crippen molar-refractivity contribution in [1.82, 2.24) is 20.1 Å². The third kappa shape index (κ3) is 10.3. The van der Waals surface area contributed by atoms with E-state index in [1.165, 1.54) is 21.0 Å². The molecule has 0 aliphatic carbocycles. The zero-order chi connectivity index (χ0) is 37.2. The summed E-state index contributed by atoms with van der Waals surface area (Å²) in [5.74, 6) is -1.50. The Labute approximate surface area is 299 Å². The van der Waals surface area contributed by atoms with Crippen LogP contribution in [0.1, 0.15) is 64.6 Å². The van der Waals surface area contributed by atoms with E-state index in [4.69, 9.17) is 14.2 Å². The van der Waals surface area contributed by atoms with Gasteiger partial charge in [0.05, 0.1) is 25.5 Å². The number of hydrogen-bond acceptors (Lipinski definition) is 8. The van der Waals surface area contributed by atoms with E-state index < -0.39 is 46.7 Å². The molecule has 3 N–H and O–H groups in total. The van der Waals surface area contributed by atoms with Gasteiger partial charge in [-0.05, 0) is 64.7 Å². The smallest absolute Gasteiger partial charge is 0.408 e. The minimum absolute atomic E-state index is 0.0836.